The molecule has 0 radical (unpaired) electrons. The number of H-pyrrole nitrogens is 2. The fraction of sp³-hybridized carbons (Fsp3) is 0.333. The van der Waals surface area contributed by atoms with E-state index in [1.807, 2.05) is 32.0 Å². The van der Waals surface area contributed by atoms with Gasteiger partial charge in [-0.05, 0) is 37.8 Å². The maximum absolute atomic E-state index is 12.1. The monoisotopic (exact) mass is 338 g/mol. The molecular formula is C18H22N6O. The Balaban J connectivity index is 1.48. The van der Waals surface area contributed by atoms with Gasteiger partial charge >= 0.3 is 0 Å². The molecule has 130 valence electrons. The molecule has 7 heteroatoms. The second-order valence-electron chi connectivity index (χ2n) is 6.05. The maximum atomic E-state index is 12.1. The van der Waals surface area contributed by atoms with Crippen molar-refractivity contribution in [2.24, 2.45) is 0 Å². The first-order valence-corrected chi connectivity index (χ1v) is 8.37. The fourth-order valence-electron chi connectivity index (χ4n) is 2.74. The second-order valence-corrected chi connectivity index (χ2v) is 6.05. The zero-order valence-corrected chi connectivity index (χ0v) is 14.5. The average molecular weight is 338 g/mol. The van der Waals surface area contributed by atoms with Crippen LogP contribution in [-0.4, -0.2) is 31.3 Å². The molecule has 0 aliphatic carbocycles. The molecule has 0 bridgehead atoms. The number of amides is 1. The molecule has 3 rings (SSSR count). The summed E-state index contributed by atoms with van der Waals surface area (Å²) in [7, 11) is 0. The van der Waals surface area contributed by atoms with Gasteiger partial charge in [0.25, 0.3) is 0 Å². The van der Waals surface area contributed by atoms with E-state index in [1.54, 1.807) is 0 Å². The smallest absolute Gasteiger partial charge is 0.248 e. The standard InChI is InChI=1S/C18H22N6O/c1-12-15(13(2)22-21-12)9-11-17(25)20-18-19-16(23-24-18)10-8-14-6-4-3-5-7-14/h3-7H,8-11H2,1-2H3,(H,21,22)(H2,19,20,23,24,25). The number of aromatic nitrogens is 5. The van der Waals surface area contributed by atoms with Crippen molar-refractivity contribution in [2.45, 2.75) is 39.5 Å². The van der Waals surface area contributed by atoms with E-state index in [4.69, 9.17) is 0 Å². The zero-order valence-electron chi connectivity index (χ0n) is 14.5. The highest BCUT2D eigenvalue weighted by molar-refractivity contribution is 5.89. The Morgan fingerprint density at radius 2 is 1.84 bits per heavy atom. The molecule has 3 aromatic rings. The van der Waals surface area contributed by atoms with Gasteiger partial charge in [-0.3, -0.25) is 20.3 Å². The lowest BCUT2D eigenvalue weighted by atomic mass is 10.1. The molecule has 2 heterocycles. The predicted octanol–water partition coefficient (Wildman–Crippen LogP) is 2.50. The summed E-state index contributed by atoms with van der Waals surface area (Å²) in [5, 5.41) is 16.7. The van der Waals surface area contributed by atoms with Crippen LogP contribution in [0.4, 0.5) is 5.95 Å². The van der Waals surface area contributed by atoms with Gasteiger partial charge in [0.15, 0.2) is 0 Å². The van der Waals surface area contributed by atoms with E-state index in [2.05, 4.69) is 42.8 Å². The normalized spacial score (nSPS) is 10.8. The number of hydrogen-bond donors (Lipinski definition) is 3. The molecule has 0 spiro atoms. The van der Waals surface area contributed by atoms with Crippen LogP contribution < -0.4 is 5.32 Å². The third-order valence-electron chi connectivity index (χ3n) is 4.16. The van der Waals surface area contributed by atoms with E-state index >= 15 is 0 Å². The summed E-state index contributed by atoms with van der Waals surface area (Å²) in [6, 6.07) is 10.2. The first-order chi connectivity index (χ1) is 12.1. The van der Waals surface area contributed by atoms with Crippen molar-refractivity contribution >= 4 is 11.9 Å². The zero-order chi connectivity index (χ0) is 17.6. The van der Waals surface area contributed by atoms with Crippen molar-refractivity contribution in [1.29, 1.82) is 0 Å². The van der Waals surface area contributed by atoms with E-state index in [0.29, 0.717) is 18.8 Å². The first kappa shape index (κ1) is 16.9. The summed E-state index contributed by atoms with van der Waals surface area (Å²) in [6.45, 7) is 3.90. The number of rotatable bonds is 7. The van der Waals surface area contributed by atoms with Gasteiger partial charge in [0.05, 0.1) is 5.69 Å². The average Bonchev–Trinajstić information content (AvgIpc) is 3.19. The molecule has 1 amide bonds. The van der Waals surface area contributed by atoms with Crippen LogP contribution in [0.3, 0.4) is 0 Å². The summed E-state index contributed by atoms with van der Waals surface area (Å²) in [6.07, 6.45) is 2.64. The number of aryl methyl sites for hydroxylation is 4. The Kier molecular flexibility index (Phi) is 5.23. The lowest BCUT2D eigenvalue weighted by molar-refractivity contribution is -0.116. The van der Waals surface area contributed by atoms with Crippen LogP contribution in [0.1, 0.15) is 34.8 Å². The molecule has 3 N–H and O–H groups in total. The minimum Gasteiger partial charge on any atom is -0.293 e. The fourth-order valence-corrected chi connectivity index (χ4v) is 2.74. The van der Waals surface area contributed by atoms with Gasteiger partial charge in [0, 0.05) is 18.5 Å². The van der Waals surface area contributed by atoms with Crippen LogP contribution in [-0.2, 0) is 24.1 Å². The third-order valence-corrected chi connectivity index (χ3v) is 4.16. The van der Waals surface area contributed by atoms with Gasteiger partial charge in [-0.15, -0.1) is 5.10 Å². The Morgan fingerprint density at radius 1 is 1.04 bits per heavy atom. The Morgan fingerprint density at radius 3 is 2.56 bits per heavy atom. The maximum Gasteiger partial charge on any atom is 0.248 e. The van der Waals surface area contributed by atoms with Crippen LogP contribution in [0.5, 0.6) is 0 Å². The molecule has 0 atom stereocenters. The van der Waals surface area contributed by atoms with E-state index in [-0.39, 0.29) is 5.91 Å². The van der Waals surface area contributed by atoms with Crippen LogP contribution in [0, 0.1) is 13.8 Å². The summed E-state index contributed by atoms with van der Waals surface area (Å²) in [5.41, 5.74) is 4.28. The second kappa shape index (κ2) is 7.74. The number of hydrogen-bond acceptors (Lipinski definition) is 4. The minimum atomic E-state index is -0.103. The van der Waals surface area contributed by atoms with Gasteiger partial charge in [0.2, 0.25) is 11.9 Å². The van der Waals surface area contributed by atoms with Crippen LogP contribution in [0.25, 0.3) is 0 Å². The van der Waals surface area contributed by atoms with Crippen molar-refractivity contribution in [3.63, 3.8) is 0 Å². The Labute approximate surface area is 146 Å². The first-order valence-electron chi connectivity index (χ1n) is 8.37. The van der Waals surface area contributed by atoms with Crippen molar-refractivity contribution in [2.75, 3.05) is 5.32 Å². The SMILES string of the molecule is Cc1n[nH]c(C)c1CCC(=O)Nc1n[nH]c(CCc2ccccc2)n1. The number of benzene rings is 1. The number of nitrogens with zero attached hydrogens (tertiary/aromatic N) is 3. The van der Waals surface area contributed by atoms with Crippen molar-refractivity contribution in [3.8, 4) is 0 Å². The Hall–Kier alpha value is -2.96. The lowest BCUT2D eigenvalue weighted by Gasteiger charge is -2.02. The molecule has 0 saturated heterocycles. The van der Waals surface area contributed by atoms with Gasteiger partial charge in [-0.2, -0.15) is 10.1 Å². The molecule has 0 aliphatic rings. The van der Waals surface area contributed by atoms with Crippen LogP contribution >= 0.6 is 0 Å². The van der Waals surface area contributed by atoms with Gasteiger partial charge in [0.1, 0.15) is 5.82 Å². The molecule has 2 aromatic heterocycles. The van der Waals surface area contributed by atoms with Crippen molar-refractivity contribution < 1.29 is 4.79 Å². The van der Waals surface area contributed by atoms with Crippen molar-refractivity contribution in [1.82, 2.24) is 25.4 Å². The quantitative estimate of drug-likeness (QED) is 0.616. The summed E-state index contributed by atoms with van der Waals surface area (Å²) in [4.78, 5) is 16.4. The number of carbonyl (C=O) groups excluding carboxylic acids is 1. The third kappa shape index (κ3) is 4.53. The molecule has 7 nitrogen and oxygen atoms in total. The van der Waals surface area contributed by atoms with E-state index in [1.165, 1.54) is 5.56 Å². The van der Waals surface area contributed by atoms with Crippen molar-refractivity contribution in [3.05, 3.63) is 58.7 Å². The summed E-state index contributed by atoms with van der Waals surface area (Å²) < 4.78 is 0. The molecule has 0 aliphatic heterocycles. The molecule has 0 saturated carbocycles. The highest BCUT2D eigenvalue weighted by Gasteiger charge is 2.11. The molecule has 1 aromatic carbocycles. The number of aromatic amines is 2. The van der Waals surface area contributed by atoms with E-state index < -0.39 is 0 Å². The lowest BCUT2D eigenvalue weighted by Crippen LogP contribution is -2.13. The van der Waals surface area contributed by atoms with Crippen LogP contribution in [0.15, 0.2) is 30.3 Å². The van der Waals surface area contributed by atoms with Gasteiger partial charge in [-0.25, -0.2) is 0 Å². The summed E-state index contributed by atoms with van der Waals surface area (Å²) in [5.74, 6) is 0.989. The molecular weight excluding hydrogens is 316 g/mol. The molecule has 0 unspecified atom stereocenters. The highest BCUT2D eigenvalue weighted by atomic mass is 16.1. The van der Waals surface area contributed by atoms with E-state index in [0.717, 1.165) is 35.6 Å². The molecule has 25 heavy (non-hydrogen) atoms. The number of carbonyl (C=O) groups is 1. The largest absolute Gasteiger partial charge is 0.293 e. The number of anilines is 1. The topological polar surface area (TPSA) is 99.4 Å². The highest BCUT2D eigenvalue weighted by Crippen LogP contribution is 2.12. The Bertz CT molecular complexity index is 817. The minimum absolute atomic E-state index is 0.103. The van der Waals surface area contributed by atoms with Gasteiger partial charge in [-0.1, -0.05) is 30.3 Å². The molecule has 0 fully saturated rings. The predicted molar refractivity (Wildman–Crippen MR) is 95.2 cm³/mol. The van der Waals surface area contributed by atoms with Gasteiger partial charge < -0.3 is 0 Å². The van der Waals surface area contributed by atoms with E-state index in [9.17, 15) is 4.79 Å². The number of nitrogens with one attached hydrogen (secondary N) is 3. The summed E-state index contributed by atoms with van der Waals surface area (Å²) >= 11 is 0. The van der Waals surface area contributed by atoms with Crippen LogP contribution in [0.2, 0.25) is 0 Å².